The Balaban J connectivity index is 1.95. The standard InChI is InChI=1S/C23H21F3N2O5S2/c1-34(30,31)12-2-11-27-23(29)21-10-3-15(14-28-21)22(19-13-17(25)6-9-20(19)26)35(32,33)18-7-4-16(24)5-8-18/h3-10,13-14,22H,2,11-12H2,1H3,(H,27,29). The Morgan fingerprint density at radius 1 is 0.943 bits per heavy atom. The highest BCUT2D eigenvalue weighted by molar-refractivity contribution is 7.92. The van der Waals surface area contributed by atoms with E-state index in [0.29, 0.717) is 0 Å². The van der Waals surface area contributed by atoms with E-state index in [-0.39, 0.29) is 34.9 Å². The molecule has 2 aromatic carbocycles. The molecule has 3 rings (SSSR count). The molecule has 1 heterocycles. The van der Waals surface area contributed by atoms with Crippen molar-refractivity contribution < 1.29 is 34.8 Å². The Labute approximate surface area is 200 Å². The fraction of sp³-hybridized carbons (Fsp3) is 0.217. The maximum absolute atomic E-state index is 14.7. The number of hydrogen-bond donors (Lipinski definition) is 1. The third-order valence-electron chi connectivity index (χ3n) is 4.99. The molecular weight excluding hydrogens is 505 g/mol. The fourth-order valence-corrected chi connectivity index (χ4v) is 5.79. The van der Waals surface area contributed by atoms with Gasteiger partial charge in [0.25, 0.3) is 5.91 Å². The van der Waals surface area contributed by atoms with Gasteiger partial charge in [-0.2, -0.15) is 0 Å². The van der Waals surface area contributed by atoms with Gasteiger partial charge in [0.2, 0.25) is 0 Å². The minimum Gasteiger partial charge on any atom is -0.351 e. The van der Waals surface area contributed by atoms with Gasteiger partial charge in [0, 0.05) is 24.6 Å². The predicted molar refractivity (Wildman–Crippen MR) is 123 cm³/mol. The zero-order valence-corrected chi connectivity index (χ0v) is 20.0. The van der Waals surface area contributed by atoms with Gasteiger partial charge in [-0.25, -0.2) is 30.0 Å². The van der Waals surface area contributed by atoms with Crippen LogP contribution in [0, 0.1) is 17.5 Å². The van der Waals surface area contributed by atoms with Gasteiger partial charge < -0.3 is 5.32 Å². The highest BCUT2D eigenvalue weighted by atomic mass is 32.2. The number of hydrogen-bond acceptors (Lipinski definition) is 6. The van der Waals surface area contributed by atoms with Crippen molar-refractivity contribution in [3.63, 3.8) is 0 Å². The molecule has 0 bridgehead atoms. The first-order valence-electron chi connectivity index (χ1n) is 10.2. The second kappa shape index (κ2) is 10.6. The van der Waals surface area contributed by atoms with Gasteiger partial charge in [-0.1, -0.05) is 6.07 Å². The normalized spacial score (nSPS) is 12.8. The van der Waals surface area contributed by atoms with E-state index in [1.54, 1.807) is 0 Å². The molecule has 1 atom stereocenters. The van der Waals surface area contributed by atoms with Crippen LogP contribution in [0.15, 0.2) is 65.7 Å². The van der Waals surface area contributed by atoms with Crippen LogP contribution in [0.25, 0.3) is 0 Å². The number of nitrogens with zero attached hydrogens (tertiary/aromatic N) is 1. The van der Waals surface area contributed by atoms with E-state index in [1.807, 2.05) is 0 Å². The van der Waals surface area contributed by atoms with Gasteiger partial charge in [-0.15, -0.1) is 0 Å². The van der Waals surface area contributed by atoms with E-state index in [4.69, 9.17) is 0 Å². The predicted octanol–water partition coefficient (Wildman–Crippen LogP) is 3.23. The van der Waals surface area contributed by atoms with E-state index in [1.165, 1.54) is 12.1 Å². The SMILES string of the molecule is CS(=O)(=O)CCCNC(=O)c1ccc(C(c2cc(F)ccc2F)S(=O)(=O)c2ccc(F)cc2)cn1. The summed E-state index contributed by atoms with van der Waals surface area (Å²) in [5.74, 6) is -3.25. The second-order valence-electron chi connectivity index (χ2n) is 7.76. The Kier molecular flexibility index (Phi) is 7.96. The minimum atomic E-state index is -4.40. The number of pyridine rings is 1. The lowest BCUT2D eigenvalue weighted by Gasteiger charge is -2.19. The summed E-state index contributed by atoms with van der Waals surface area (Å²) in [5.41, 5.74) is -0.618. The van der Waals surface area contributed by atoms with E-state index >= 15 is 0 Å². The number of carbonyl (C=O) groups is 1. The Hall–Kier alpha value is -3.25. The molecule has 1 amide bonds. The smallest absolute Gasteiger partial charge is 0.269 e. The molecule has 1 aromatic heterocycles. The molecule has 12 heteroatoms. The minimum absolute atomic E-state index is 0.0487. The molecule has 0 fully saturated rings. The summed E-state index contributed by atoms with van der Waals surface area (Å²) in [4.78, 5) is 15.9. The lowest BCUT2D eigenvalue weighted by molar-refractivity contribution is 0.0948. The van der Waals surface area contributed by atoms with Crippen molar-refractivity contribution in [3.8, 4) is 0 Å². The monoisotopic (exact) mass is 526 g/mol. The van der Waals surface area contributed by atoms with E-state index < -0.39 is 53.8 Å². The molecule has 0 aliphatic heterocycles. The lowest BCUT2D eigenvalue weighted by Crippen LogP contribution is -2.26. The van der Waals surface area contributed by atoms with Crippen molar-refractivity contribution in [1.82, 2.24) is 10.3 Å². The molecule has 0 spiro atoms. The van der Waals surface area contributed by atoms with Crippen LogP contribution in [0.5, 0.6) is 0 Å². The van der Waals surface area contributed by atoms with Gasteiger partial charge >= 0.3 is 0 Å². The average molecular weight is 527 g/mol. The van der Waals surface area contributed by atoms with Crippen molar-refractivity contribution in [2.45, 2.75) is 16.6 Å². The lowest BCUT2D eigenvalue weighted by atomic mass is 10.0. The summed E-state index contributed by atoms with van der Waals surface area (Å²) in [6, 6.07) is 8.74. The highest BCUT2D eigenvalue weighted by Crippen LogP contribution is 2.36. The molecule has 7 nitrogen and oxygen atoms in total. The third kappa shape index (κ3) is 6.67. The van der Waals surface area contributed by atoms with E-state index in [0.717, 1.165) is 54.9 Å². The van der Waals surface area contributed by atoms with Crippen molar-refractivity contribution in [1.29, 1.82) is 0 Å². The van der Waals surface area contributed by atoms with Crippen LogP contribution < -0.4 is 5.32 Å². The molecule has 0 saturated heterocycles. The summed E-state index contributed by atoms with van der Waals surface area (Å²) >= 11 is 0. The first kappa shape index (κ1) is 26.4. The van der Waals surface area contributed by atoms with E-state index in [9.17, 15) is 34.8 Å². The molecule has 0 saturated carbocycles. The number of halogens is 3. The van der Waals surface area contributed by atoms with Gasteiger partial charge in [0.15, 0.2) is 9.84 Å². The molecule has 0 radical (unpaired) electrons. The highest BCUT2D eigenvalue weighted by Gasteiger charge is 2.34. The Morgan fingerprint density at radius 3 is 2.20 bits per heavy atom. The summed E-state index contributed by atoms with van der Waals surface area (Å²) in [5, 5.41) is 0.767. The zero-order chi connectivity index (χ0) is 25.8. The van der Waals surface area contributed by atoms with Crippen molar-refractivity contribution >= 4 is 25.6 Å². The summed E-state index contributed by atoms with van der Waals surface area (Å²) in [6.07, 6.45) is 2.33. The van der Waals surface area contributed by atoms with Crippen LogP contribution in [0.2, 0.25) is 0 Å². The average Bonchev–Trinajstić information content (AvgIpc) is 2.79. The number of aromatic nitrogens is 1. The fourth-order valence-electron chi connectivity index (χ4n) is 3.32. The summed E-state index contributed by atoms with van der Waals surface area (Å²) < 4.78 is 91.1. The number of benzene rings is 2. The molecular formula is C23H21F3N2O5S2. The van der Waals surface area contributed by atoms with Crippen molar-refractivity contribution in [2.24, 2.45) is 0 Å². The van der Waals surface area contributed by atoms with Crippen LogP contribution in [0.3, 0.4) is 0 Å². The number of carbonyl (C=O) groups excluding carboxylic acids is 1. The zero-order valence-electron chi connectivity index (χ0n) is 18.4. The van der Waals surface area contributed by atoms with Crippen LogP contribution in [0.4, 0.5) is 13.2 Å². The van der Waals surface area contributed by atoms with Crippen molar-refractivity contribution in [3.05, 3.63) is 95.1 Å². The number of sulfone groups is 2. The topological polar surface area (TPSA) is 110 Å². The Bertz CT molecular complexity index is 1430. The van der Waals surface area contributed by atoms with E-state index in [2.05, 4.69) is 10.3 Å². The first-order valence-corrected chi connectivity index (χ1v) is 13.9. The van der Waals surface area contributed by atoms with Gasteiger partial charge in [0.1, 0.15) is 38.2 Å². The maximum atomic E-state index is 14.7. The first-order chi connectivity index (χ1) is 16.4. The quantitative estimate of drug-likeness (QED) is 0.339. The largest absolute Gasteiger partial charge is 0.351 e. The number of nitrogens with one attached hydrogen (secondary N) is 1. The van der Waals surface area contributed by atoms with Crippen molar-refractivity contribution in [2.75, 3.05) is 18.6 Å². The molecule has 3 aromatic rings. The molecule has 0 aliphatic rings. The summed E-state index contributed by atoms with van der Waals surface area (Å²) in [6.45, 7) is 0.0748. The van der Waals surface area contributed by atoms with Crippen LogP contribution in [0.1, 0.15) is 33.3 Å². The van der Waals surface area contributed by atoms with Gasteiger partial charge in [-0.3, -0.25) is 9.78 Å². The van der Waals surface area contributed by atoms with Crippen LogP contribution in [-0.2, 0) is 19.7 Å². The summed E-state index contributed by atoms with van der Waals surface area (Å²) in [7, 11) is -7.57. The third-order valence-corrected chi connectivity index (χ3v) is 8.10. The van der Waals surface area contributed by atoms with Crippen LogP contribution in [-0.4, -0.2) is 46.3 Å². The molecule has 1 N–H and O–H groups in total. The van der Waals surface area contributed by atoms with Gasteiger partial charge in [0.05, 0.1) is 10.6 Å². The van der Waals surface area contributed by atoms with Crippen LogP contribution >= 0.6 is 0 Å². The van der Waals surface area contributed by atoms with Gasteiger partial charge in [-0.05, 0) is 60.5 Å². The molecule has 186 valence electrons. The Morgan fingerprint density at radius 2 is 1.60 bits per heavy atom. The number of amides is 1. The molecule has 35 heavy (non-hydrogen) atoms. The maximum Gasteiger partial charge on any atom is 0.269 e. The second-order valence-corrected chi connectivity index (χ2v) is 12.1. The molecule has 0 aliphatic carbocycles. The number of rotatable bonds is 9. The molecule has 1 unspecified atom stereocenters.